The summed E-state index contributed by atoms with van der Waals surface area (Å²) >= 11 is 0. The fourth-order valence-electron chi connectivity index (χ4n) is 3.65. The Morgan fingerprint density at radius 2 is 1.94 bits per heavy atom. The van der Waals surface area contributed by atoms with Crippen molar-refractivity contribution in [1.29, 1.82) is 0 Å². The van der Waals surface area contributed by atoms with Crippen LogP contribution in [0.25, 0.3) is 0 Å². The van der Waals surface area contributed by atoms with Crippen LogP contribution in [0.2, 0.25) is 0 Å². The highest BCUT2D eigenvalue weighted by molar-refractivity contribution is 5.30. The van der Waals surface area contributed by atoms with Gasteiger partial charge in [0.15, 0.2) is 0 Å². The number of benzene rings is 1. The van der Waals surface area contributed by atoms with Crippen molar-refractivity contribution in [2.24, 2.45) is 11.8 Å². The van der Waals surface area contributed by atoms with Gasteiger partial charge in [0, 0.05) is 6.54 Å². The van der Waals surface area contributed by atoms with Gasteiger partial charge in [0.2, 0.25) is 0 Å². The van der Waals surface area contributed by atoms with Crippen LogP contribution in [0.3, 0.4) is 0 Å². The molecular formula is C16H23NO. The lowest BCUT2D eigenvalue weighted by atomic mass is 9.77. The van der Waals surface area contributed by atoms with Crippen molar-refractivity contribution in [2.45, 2.75) is 31.8 Å². The molecule has 0 saturated carbocycles. The molecule has 2 nitrogen and oxygen atoms in total. The van der Waals surface area contributed by atoms with Crippen molar-refractivity contribution in [2.75, 3.05) is 20.1 Å². The van der Waals surface area contributed by atoms with E-state index in [-0.39, 0.29) is 6.10 Å². The molecule has 3 rings (SSSR count). The van der Waals surface area contributed by atoms with E-state index >= 15 is 0 Å². The Balaban J connectivity index is 1.67. The van der Waals surface area contributed by atoms with Crippen LogP contribution in [0.4, 0.5) is 0 Å². The third-order valence-corrected chi connectivity index (χ3v) is 4.70. The summed E-state index contributed by atoms with van der Waals surface area (Å²) in [5, 5.41) is 10.3. The normalized spacial score (nSPS) is 32.4. The van der Waals surface area contributed by atoms with E-state index in [9.17, 15) is 5.11 Å². The third-order valence-electron chi connectivity index (χ3n) is 4.70. The fourth-order valence-corrected chi connectivity index (χ4v) is 3.65. The van der Waals surface area contributed by atoms with Gasteiger partial charge in [-0.25, -0.2) is 0 Å². The quantitative estimate of drug-likeness (QED) is 0.862. The van der Waals surface area contributed by atoms with Gasteiger partial charge in [0.1, 0.15) is 0 Å². The summed E-state index contributed by atoms with van der Waals surface area (Å²) in [6.45, 7) is 2.44. The molecule has 0 aromatic heterocycles. The Morgan fingerprint density at radius 3 is 2.61 bits per heavy atom. The first kappa shape index (κ1) is 12.2. The minimum absolute atomic E-state index is 0.134. The summed E-state index contributed by atoms with van der Waals surface area (Å²) < 4.78 is 0. The SMILES string of the molecule is CN1CCC(C[C@@H]2Cc3ccccc3C[C@H]2O)C1. The maximum atomic E-state index is 10.3. The van der Waals surface area contributed by atoms with Gasteiger partial charge in [-0.2, -0.15) is 0 Å². The monoisotopic (exact) mass is 245 g/mol. The molecule has 0 bridgehead atoms. The summed E-state index contributed by atoms with van der Waals surface area (Å²) in [6.07, 6.45) is 4.29. The van der Waals surface area contributed by atoms with E-state index in [1.807, 2.05) is 0 Å². The number of likely N-dealkylation sites (tertiary alicyclic amines) is 1. The number of nitrogens with zero attached hydrogens (tertiary/aromatic N) is 1. The second-order valence-electron chi connectivity index (χ2n) is 6.16. The molecule has 3 atom stereocenters. The molecule has 1 aliphatic heterocycles. The highest BCUT2D eigenvalue weighted by atomic mass is 16.3. The van der Waals surface area contributed by atoms with Gasteiger partial charge in [0.25, 0.3) is 0 Å². The molecule has 1 unspecified atom stereocenters. The van der Waals surface area contributed by atoms with Crippen LogP contribution in [-0.4, -0.2) is 36.2 Å². The molecule has 18 heavy (non-hydrogen) atoms. The van der Waals surface area contributed by atoms with Gasteiger partial charge in [-0.05, 0) is 62.2 Å². The maximum absolute atomic E-state index is 10.3. The first-order valence-corrected chi connectivity index (χ1v) is 7.16. The summed E-state index contributed by atoms with van der Waals surface area (Å²) in [5.41, 5.74) is 2.81. The summed E-state index contributed by atoms with van der Waals surface area (Å²) in [7, 11) is 2.20. The molecule has 1 heterocycles. The van der Waals surface area contributed by atoms with Gasteiger partial charge in [0.05, 0.1) is 6.10 Å². The van der Waals surface area contributed by atoms with E-state index in [2.05, 4.69) is 36.2 Å². The van der Waals surface area contributed by atoms with Crippen molar-refractivity contribution >= 4 is 0 Å². The average Bonchev–Trinajstić information content (AvgIpc) is 2.76. The van der Waals surface area contributed by atoms with Crippen molar-refractivity contribution in [3.63, 3.8) is 0 Å². The van der Waals surface area contributed by atoms with Gasteiger partial charge >= 0.3 is 0 Å². The van der Waals surface area contributed by atoms with E-state index < -0.39 is 0 Å². The molecular weight excluding hydrogens is 222 g/mol. The van der Waals surface area contributed by atoms with Gasteiger partial charge in [-0.15, -0.1) is 0 Å². The Morgan fingerprint density at radius 1 is 1.22 bits per heavy atom. The zero-order valence-electron chi connectivity index (χ0n) is 11.2. The molecule has 98 valence electrons. The first-order valence-electron chi connectivity index (χ1n) is 7.16. The number of hydrogen-bond acceptors (Lipinski definition) is 2. The lowest BCUT2D eigenvalue weighted by molar-refractivity contribution is 0.0849. The average molecular weight is 245 g/mol. The Kier molecular flexibility index (Phi) is 3.40. The summed E-state index contributed by atoms with van der Waals surface area (Å²) in [4.78, 5) is 2.41. The fraction of sp³-hybridized carbons (Fsp3) is 0.625. The van der Waals surface area contributed by atoms with Crippen LogP contribution in [0.15, 0.2) is 24.3 Å². The molecule has 2 aliphatic rings. The molecule has 2 heteroatoms. The molecule has 1 N–H and O–H groups in total. The summed E-state index contributed by atoms with van der Waals surface area (Å²) in [6, 6.07) is 8.60. The lowest BCUT2D eigenvalue weighted by Crippen LogP contribution is -2.32. The molecule has 0 spiro atoms. The second-order valence-corrected chi connectivity index (χ2v) is 6.16. The van der Waals surface area contributed by atoms with Crippen molar-refractivity contribution < 1.29 is 5.11 Å². The van der Waals surface area contributed by atoms with Gasteiger partial charge < -0.3 is 10.0 Å². The van der Waals surface area contributed by atoms with Gasteiger partial charge in [-0.1, -0.05) is 24.3 Å². The molecule has 1 saturated heterocycles. The molecule has 1 aromatic carbocycles. The summed E-state index contributed by atoms with van der Waals surface area (Å²) in [5.74, 6) is 1.26. The Hall–Kier alpha value is -0.860. The number of aliphatic hydroxyl groups excluding tert-OH is 1. The highest BCUT2D eigenvalue weighted by Crippen LogP contribution is 2.32. The smallest absolute Gasteiger partial charge is 0.0612 e. The van der Waals surface area contributed by atoms with Gasteiger partial charge in [-0.3, -0.25) is 0 Å². The number of fused-ring (bicyclic) bond motifs is 1. The molecule has 1 aromatic rings. The highest BCUT2D eigenvalue weighted by Gasteiger charge is 2.30. The molecule has 0 radical (unpaired) electrons. The van der Waals surface area contributed by atoms with Crippen LogP contribution in [0, 0.1) is 11.8 Å². The van der Waals surface area contributed by atoms with Crippen LogP contribution in [0.1, 0.15) is 24.0 Å². The topological polar surface area (TPSA) is 23.5 Å². The van der Waals surface area contributed by atoms with Crippen LogP contribution >= 0.6 is 0 Å². The third kappa shape index (κ3) is 2.45. The number of rotatable bonds is 2. The number of hydrogen-bond donors (Lipinski definition) is 1. The minimum atomic E-state index is -0.134. The van der Waals surface area contributed by atoms with E-state index in [1.54, 1.807) is 0 Å². The second kappa shape index (κ2) is 5.02. The van der Waals surface area contributed by atoms with Crippen molar-refractivity contribution in [1.82, 2.24) is 4.90 Å². The molecule has 0 amide bonds. The predicted octanol–water partition coefficient (Wildman–Crippen LogP) is 2.10. The minimum Gasteiger partial charge on any atom is -0.392 e. The largest absolute Gasteiger partial charge is 0.392 e. The van der Waals surface area contributed by atoms with Crippen LogP contribution < -0.4 is 0 Å². The molecule has 1 fully saturated rings. The Bertz CT molecular complexity index is 417. The predicted molar refractivity (Wildman–Crippen MR) is 73.6 cm³/mol. The zero-order valence-corrected chi connectivity index (χ0v) is 11.2. The van der Waals surface area contributed by atoms with E-state index in [0.717, 1.165) is 18.8 Å². The van der Waals surface area contributed by atoms with E-state index in [1.165, 1.54) is 37.1 Å². The van der Waals surface area contributed by atoms with Crippen molar-refractivity contribution in [3.05, 3.63) is 35.4 Å². The molecule has 1 aliphatic carbocycles. The maximum Gasteiger partial charge on any atom is 0.0612 e. The van der Waals surface area contributed by atoms with Crippen LogP contribution in [0.5, 0.6) is 0 Å². The lowest BCUT2D eigenvalue weighted by Gasteiger charge is -2.31. The van der Waals surface area contributed by atoms with E-state index in [0.29, 0.717) is 5.92 Å². The first-order chi connectivity index (χ1) is 8.72. The number of aliphatic hydroxyl groups is 1. The zero-order chi connectivity index (χ0) is 12.5. The van der Waals surface area contributed by atoms with E-state index in [4.69, 9.17) is 0 Å². The standard InChI is InChI=1S/C16H23NO/c1-17-7-6-12(11-17)8-15-9-13-4-2-3-5-14(13)10-16(15)18/h2-5,12,15-16,18H,6-11H2,1H3/t12?,15-,16-/m1/s1. The Labute approximate surface area is 110 Å². The van der Waals surface area contributed by atoms with Crippen molar-refractivity contribution in [3.8, 4) is 0 Å². The van der Waals surface area contributed by atoms with Crippen LogP contribution in [-0.2, 0) is 12.8 Å².